The van der Waals surface area contributed by atoms with Gasteiger partial charge in [-0.15, -0.1) is 0 Å². The second-order valence-electron chi connectivity index (χ2n) is 2.96. The summed E-state index contributed by atoms with van der Waals surface area (Å²) in [6.45, 7) is 1.66. The van der Waals surface area contributed by atoms with E-state index in [2.05, 4.69) is 5.16 Å². The molecule has 0 atom stereocenters. The maximum absolute atomic E-state index is 13.2. The highest BCUT2D eigenvalue weighted by molar-refractivity contribution is 6.33. The van der Waals surface area contributed by atoms with Crippen LogP contribution in [0.4, 0.5) is 4.39 Å². The number of halogens is 2. The zero-order valence-electron chi connectivity index (χ0n) is 7.42. The van der Waals surface area contributed by atoms with Crippen molar-refractivity contribution in [2.75, 3.05) is 0 Å². The summed E-state index contributed by atoms with van der Waals surface area (Å²) in [5.41, 5.74) is 1.03. The predicted octanol–water partition coefficient (Wildman–Crippen LogP) is 3.44. The Morgan fingerprint density at radius 3 is 2.86 bits per heavy atom. The molecule has 4 heteroatoms. The molecule has 1 aromatic carbocycles. The molecule has 0 fully saturated rings. The summed E-state index contributed by atoms with van der Waals surface area (Å²) < 4.78 is 18.1. The molecule has 0 aliphatic rings. The van der Waals surface area contributed by atoms with Crippen molar-refractivity contribution in [3.05, 3.63) is 40.8 Å². The fourth-order valence-electron chi connectivity index (χ4n) is 1.19. The molecule has 2 nitrogen and oxygen atoms in total. The van der Waals surface area contributed by atoms with E-state index in [4.69, 9.17) is 16.1 Å². The van der Waals surface area contributed by atoms with Gasteiger partial charge in [-0.2, -0.15) is 0 Å². The summed E-state index contributed by atoms with van der Waals surface area (Å²) in [4.78, 5) is 0. The van der Waals surface area contributed by atoms with Crippen LogP contribution in [0.2, 0.25) is 5.02 Å². The zero-order chi connectivity index (χ0) is 10.1. The van der Waals surface area contributed by atoms with Gasteiger partial charge in [0.15, 0.2) is 5.76 Å². The normalized spacial score (nSPS) is 10.5. The summed E-state index contributed by atoms with van der Waals surface area (Å²) in [6, 6.07) is 4.54. The first kappa shape index (κ1) is 9.21. The number of rotatable bonds is 1. The van der Waals surface area contributed by atoms with Crippen LogP contribution in [-0.2, 0) is 0 Å². The molecule has 0 saturated heterocycles. The van der Waals surface area contributed by atoms with E-state index in [-0.39, 0.29) is 5.82 Å². The van der Waals surface area contributed by atoms with E-state index < -0.39 is 0 Å². The molecule has 1 heterocycles. The molecule has 0 aliphatic carbocycles. The molecule has 0 saturated carbocycles. The van der Waals surface area contributed by atoms with E-state index in [0.29, 0.717) is 21.9 Å². The van der Waals surface area contributed by atoms with Gasteiger partial charge in [0.25, 0.3) is 0 Å². The standard InChI is InChI=1S/C10H7ClFNO/c1-6-4-8(11)7(5-9(6)12)10-2-3-13-14-10/h2-5H,1H3. The number of aryl methyl sites for hydroxylation is 1. The van der Waals surface area contributed by atoms with Gasteiger partial charge in [0, 0.05) is 11.6 Å². The largest absolute Gasteiger partial charge is 0.356 e. The van der Waals surface area contributed by atoms with Crippen molar-refractivity contribution in [2.45, 2.75) is 6.92 Å². The lowest BCUT2D eigenvalue weighted by Crippen LogP contribution is -1.85. The molecule has 1 aromatic heterocycles. The minimum atomic E-state index is -0.305. The Labute approximate surface area is 85.3 Å². The number of hydrogen-bond acceptors (Lipinski definition) is 2. The molecule has 0 spiro atoms. The van der Waals surface area contributed by atoms with E-state index in [1.165, 1.54) is 12.3 Å². The molecule has 0 unspecified atom stereocenters. The Morgan fingerprint density at radius 1 is 1.43 bits per heavy atom. The van der Waals surface area contributed by atoms with Gasteiger partial charge in [-0.3, -0.25) is 0 Å². The lowest BCUT2D eigenvalue weighted by atomic mass is 10.1. The van der Waals surface area contributed by atoms with Crippen LogP contribution in [0.25, 0.3) is 11.3 Å². The Morgan fingerprint density at radius 2 is 2.21 bits per heavy atom. The maximum atomic E-state index is 13.2. The van der Waals surface area contributed by atoms with Crippen molar-refractivity contribution in [1.82, 2.24) is 5.16 Å². The predicted molar refractivity (Wildman–Crippen MR) is 51.6 cm³/mol. The van der Waals surface area contributed by atoms with Crippen LogP contribution in [0.3, 0.4) is 0 Å². The monoisotopic (exact) mass is 211 g/mol. The fourth-order valence-corrected chi connectivity index (χ4v) is 1.50. The van der Waals surface area contributed by atoms with Crippen molar-refractivity contribution in [3.8, 4) is 11.3 Å². The van der Waals surface area contributed by atoms with Gasteiger partial charge in [0.2, 0.25) is 0 Å². The summed E-state index contributed by atoms with van der Waals surface area (Å²) in [5.74, 6) is 0.162. The maximum Gasteiger partial charge on any atom is 0.168 e. The third-order valence-electron chi connectivity index (χ3n) is 1.95. The van der Waals surface area contributed by atoms with E-state index in [1.807, 2.05) is 0 Å². The van der Waals surface area contributed by atoms with Crippen molar-refractivity contribution in [3.63, 3.8) is 0 Å². The second kappa shape index (κ2) is 3.42. The second-order valence-corrected chi connectivity index (χ2v) is 3.37. The Balaban J connectivity index is 2.60. The number of benzene rings is 1. The van der Waals surface area contributed by atoms with Crippen LogP contribution < -0.4 is 0 Å². The van der Waals surface area contributed by atoms with E-state index in [9.17, 15) is 4.39 Å². The highest BCUT2D eigenvalue weighted by atomic mass is 35.5. The van der Waals surface area contributed by atoms with Gasteiger partial charge in [0.1, 0.15) is 5.82 Å². The number of hydrogen-bond donors (Lipinski definition) is 0. The quantitative estimate of drug-likeness (QED) is 0.722. The SMILES string of the molecule is Cc1cc(Cl)c(-c2ccno2)cc1F. The first-order valence-corrected chi connectivity index (χ1v) is 4.43. The third kappa shape index (κ3) is 1.51. The van der Waals surface area contributed by atoms with Gasteiger partial charge < -0.3 is 4.52 Å². The van der Waals surface area contributed by atoms with Crippen molar-refractivity contribution < 1.29 is 8.91 Å². The van der Waals surface area contributed by atoms with Gasteiger partial charge in [-0.05, 0) is 24.6 Å². The molecule has 0 aliphatic heterocycles. The number of nitrogens with zero attached hydrogens (tertiary/aromatic N) is 1. The molecule has 0 amide bonds. The molecular formula is C10H7ClFNO. The molecule has 0 bridgehead atoms. The summed E-state index contributed by atoms with van der Waals surface area (Å²) in [5, 5.41) is 3.99. The molecule has 0 N–H and O–H groups in total. The highest BCUT2D eigenvalue weighted by Gasteiger charge is 2.10. The van der Waals surface area contributed by atoms with E-state index in [0.717, 1.165) is 0 Å². The Bertz CT molecular complexity index is 453. The summed E-state index contributed by atoms with van der Waals surface area (Å²) in [7, 11) is 0. The highest BCUT2D eigenvalue weighted by Crippen LogP contribution is 2.29. The van der Waals surface area contributed by atoms with Crippen molar-refractivity contribution >= 4 is 11.6 Å². The average molecular weight is 212 g/mol. The topological polar surface area (TPSA) is 26.0 Å². The van der Waals surface area contributed by atoms with E-state index in [1.54, 1.807) is 19.1 Å². The van der Waals surface area contributed by atoms with Crippen molar-refractivity contribution in [1.29, 1.82) is 0 Å². The number of aromatic nitrogens is 1. The zero-order valence-corrected chi connectivity index (χ0v) is 8.18. The van der Waals surface area contributed by atoms with Crippen molar-refractivity contribution in [2.24, 2.45) is 0 Å². The minimum Gasteiger partial charge on any atom is -0.356 e. The Hall–Kier alpha value is -1.35. The van der Waals surface area contributed by atoms with Crippen LogP contribution >= 0.6 is 11.6 Å². The van der Waals surface area contributed by atoms with Crippen LogP contribution in [0, 0.1) is 12.7 Å². The average Bonchev–Trinajstić information content (AvgIpc) is 2.64. The summed E-state index contributed by atoms with van der Waals surface area (Å²) >= 11 is 5.94. The van der Waals surface area contributed by atoms with Gasteiger partial charge in [-0.1, -0.05) is 16.8 Å². The third-order valence-corrected chi connectivity index (χ3v) is 2.26. The lowest BCUT2D eigenvalue weighted by molar-refractivity contribution is 0.432. The molecule has 14 heavy (non-hydrogen) atoms. The van der Waals surface area contributed by atoms with Gasteiger partial charge in [-0.25, -0.2) is 4.39 Å². The van der Waals surface area contributed by atoms with Crippen LogP contribution in [0.1, 0.15) is 5.56 Å². The first-order valence-electron chi connectivity index (χ1n) is 4.05. The van der Waals surface area contributed by atoms with Crippen LogP contribution in [0.15, 0.2) is 28.9 Å². The van der Waals surface area contributed by atoms with Gasteiger partial charge in [0.05, 0.1) is 11.2 Å². The molecular weight excluding hydrogens is 205 g/mol. The molecule has 2 rings (SSSR count). The Kier molecular flexibility index (Phi) is 2.25. The van der Waals surface area contributed by atoms with E-state index >= 15 is 0 Å². The molecule has 0 radical (unpaired) electrons. The smallest absolute Gasteiger partial charge is 0.168 e. The lowest BCUT2D eigenvalue weighted by Gasteiger charge is -2.02. The fraction of sp³-hybridized carbons (Fsp3) is 0.100. The minimum absolute atomic E-state index is 0.305. The van der Waals surface area contributed by atoms with Crippen LogP contribution in [0.5, 0.6) is 0 Å². The molecule has 72 valence electrons. The molecule has 2 aromatic rings. The summed E-state index contributed by atoms with van der Waals surface area (Å²) in [6.07, 6.45) is 1.49. The first-order chi connectivity index (χ1) is 6.68. The van der Waals surface area contributed by atoms with Crippen LogP contribution in [-0.4, -0.2) is 5.16 Å². The van der Waals surface area contributed by atoms with Gasteiger partial charge >= 0.3 is 0 Å².